The van der Waals surface area contributed by atoms with Gasteiger partial charge in [0.2, 0.25) is 0 Å². The topological polar surface area (TPSA) is 21.3 Å². The second-order valence-corrected chi connectivity index (χ2v) is 6.87. The summed E-state index contributed by atoms with van der Waals surface area (Å²) < 4.78 is 6.96. The second kappa shape index (κ2) is 7.68. The Kier molecular flexibility index (Phi) is 5.89. The largest absolute Gasteiger partial charge is 0.488 e. The van der Waals surface area contributed by atoms with Crippen molar-refractivity contribution in [2.75, 3.05) is 6.54 Å². The minimum absolute atomic E-state index is 0.627. The maximum absolute atomic E-state index is 5.81. The van der Waals surface area contributed by atoms with Crippen molar-refractivity contribution in [2.24, 2.45) is 0 Å². The van der Waals surface area contributed by atoms with Gasteiger partial charge in [0, 0.05) is 11.4 Å². The van der Waals surface area contributed by atoms with Gasteiger partial charge in [-0.05, 0) is 58.7 Å². The van der Waals surface area contributed by atoms with Crippen molar-refractivity contribution in [1.29, 1.82) is 0 Å². The van der Waals surface area contributed by atoms with Crippen LogP contribution in [0, 0.1) is 0 Å². The number of benzene rings is 1. The van der Waals surface area contributed by atoms with Crippen molar-refractivity contribution in [2.45, 2.75) is 26.5 Å². The maximum atomic E-state index is 5.81. The van der Waals surface area contributed by atoms with E-state index in [-0.39, 0.29) is 0 Å². The molecule has 0 aliphatic rings. The third kappa shape index (κ3) is 4.97. The lowest BCUT2D eigenvalue weighted by Crippen LogP contribution is -2.13. The van der Waals surface area contributed by atoms with Crippen LogP contribution in [0.3, 0.4) is 0 Å². The van der Waals surface area contributed by atoms with Crippen LogP contribution < -0.4 is 10.1 Å². The summed E-state index contributed by atoms with van der Waals surface area (Å²) in [5, 5.41) is 3.40. The summed E-state index contributed by atoms with van der Waals surface area (Å²) in [5.41, 5.74) is 1.26. The molecule has 0 fully saturated rings. The van der Waals surface area contributed by atoms with Crippen LogP contribution in [-0.2, 0) is 13.2 Å². The van der Waals surface area contributed by atoms with Gasteiger partial charge in [-0.1, -0.05) is 19.1 Å². The van der Waals surface area contributed by atoms with Crippen LogP contribution >= 0.6 is 27.3 Å². The lowest BCUT2D eigenvalue weighted by Gasteiger charge is -2.08. The molecule has 1 aromatic carbocycles. The first kappa shape index (κ1) is 14.6. The molecule has 0 spiro atoms. The zero-order valence-electron chi connectivity index (χ0n) is 11.0. The summed E-state index contributed by atoms with van der Waals surface area (Å²) in [4.78, 5) is 1.22. The third-order valence-corrected chi connectivity index (χ3v) is 4.26. The number of thiophene rings is 1. The van der Waals surface area contributed by atoms with Crippen LogP contribution in [0.5, 0.6) is 5.75 Å². The lowest BCUT2D eigenvalue weighted by atomic mass is 10.2. The summed E-state index contributed by atoms with van der Waals surface area (Å²) in [6.07, 6.45) is 1.16. The molecule has 0 saturated carbocycles. The van der Waals surface area contributed by atoms with Crippen molar-refractivity contribution in [3.8, 4) is 5.75 Å². The number of hydrogen-bond acceptors (Lipinski definition) is 3. The van der Waals surface area contributed by atoms with Gasteiger partial charge >= 0.3 is 0 Å². The standard InChI is InChI=1S/C15H18BrNOS/c1-2-8-17-10-12-4-3-5-13(9-12)18-11-14-6-7-15(16)19-14/h3-7,9,17H,2,8,10-11H2,1H3. The van der Waals surface area contributed by atoms with Crippen molar-refractivity contribution in [1.82, 2.24) is 5.32 Å². The van der Waals surface area contributed by atoms with Crippen LogP contribution in [0.25, 0.3) is 0 Å². The van der Waals surface area contributed by atoms with Gasteiger partial charge in [0.25, 0.3) is 0 Å². The molecule has 2 rings (SSSR count). The molecule has 2 aromatic rings. The highest BCUT2D eigenvalue weighted by molar-refractivity contribution is 9.11. The lowest BCUT2D eigenvalue weighted by molar-refractivity contribution is 0.309. The predicted molar refractivity (Wildman–Crippen MR) is 84.8 cm³/mol. The quantitative estimate of drug-likeness (QED) is 0.745. The van der Waals surface area contributed by atoms with Crippen LogP contribution in [0.2, 0.25) is 0 Å². The highest BCUT2D eigenvalue weighted by Crippen LogP contribution is 2.23. The number of ether oxygens (including phenoxy) is 1. The van der Waals surface area contributed by atoms with Crippen LogP contribution in [0.15, 0.2) is 40.2 Å². The van der Waals surface area contributed by atoms with E-state index in [1.165, 1.54) is 10.4 Å². The zero-order valence-corrected chi connectivity index (χ0v) is 13.4. The molecule has 4 heteroatoms. The highest BCUT2D eigenvalue weighted by Gasteiger charge is 2.00. The summed E-state index contributed by atoms with van der Waals surface area (Å²) in [6, 6.07) is 12.4. The zero-order chi connectivity index (χ0) is 13.5. The van der Waals surface area contributed by atoms with Gasteiger partial charge < -0.3 is 10.1 Å². The Bertz CT molecular complexity index is 512. The van der Waals surface area contributed by atoms with E-state index in [0.29, 0.717) is 6.61 Å². The Hall–Kier alpha value is -0.840. The summed E-state index contributed by atoms with van der Waals surface area (Å²) >= 11 is 5.17. The Morgan fingerprint density at radius 2 is 2.16 bits per heavy atom. The van der Waals surface area contributed by atoms with Gasteiger partial charge in [-0.3, -0.25) is 0 Å². The Morgan fingerprint density at radius 3 is 2.89 bits per heavy atom. The summed E-state index contributed by atoms with van der Waals surface area (Å²) in [6.45, 7) is 4.75. The average Bonchev–Trinajstić information content (AvgIpc) is 2.83. The molecule has 0 aliphatic carbocycles. The number of hydrogen-bond donors (Lipinski definition) is 1. The SMILES string of the molecule is CCCNCc1cccc(OCc2ccc(Br)s2)c1. The van der Waals surface area contributed by atoms with E-state index in [0.717, 1.165) is 29.0 Å². The average molecular weight is 340 g/mol. The van der Waals surface area contributed by atoms with E-state index >= 15 is 0 Å². The molecule has 0 radical (unpaired) electrons. The van der Waals surface area contributed by atoms with E-state index < -0.39 is 0 Å². The van der Waals surface area contributed by atoms with Gasteiger partial charge in [0.1, 0.15) is 12.4 Å². The van der Waals surface area contributed by atoms with Gasteiger partial charge in [-0.2, -0.15) is 0 Å². The molecule has 0 amide bonds. The Balaban J connectivity index is 1.87. The smallest absolute Gasteiger partial charge is 0.122 e. The predicted octanol–water partition coefficient (Wildman–Crippen LogP) is 4.59. The first-order valence-electron chi connectivity index (χ1n) is 6.44. The van der Waals surface area contributed by atoms with Gasteiger partial charge in [0.15, 0.2) is 0 Å². The minimum Gasteiger partial charge on any atom is -0.488 e. The molecule has 1 N–H and O–H groups in total. The normalized spacial score (nSPS) is 10.6. The molecule has 1 heterocycles. The van der Waals surface area contributed by atoms with E-state index in [4.69, 9.17) is 4.74 Å². The minimum atomic E-state index is 0.627. The molecular formula is C15H18BrNOS. The molecule has 2 nitrogen and oxygen atoms in total. The monoisotopic (exact) mass is 339 g/mol. The van der Waals surface area contributed by atoms with Crippen LogP contribution in [0.4, 0.5) is 0 Å². The molecule has 19 heavy (non-hydrogen) atoms. The van der Waals surface area contributed by atoms with E-state index in [1.807, 2.05) is 12.1 Å². The Morgan fingerprint density at radius 1 is 1.26 bits per heavy atom. The van der Waals surface area contributed by atoms with Crippen LogP contribution in [0.1, 0.15) is 23.8 Å². The van der Waals surface area contributed by atoms with Crippen molar-refractivity contribution in [3.63, 3.8) is 0 Å². The van der Waals surface area contributed by atoms with Crippen molar-refractivity contribution < 1.29 is 4.74 Å². The number of halogens is 1. The fraction of sp³-hybridized carbons (Fsp3) is 0.333. The summed E-state index contributed by atoms with van der Waals surface area (Å²) in [5.74, 6) is 0.931. The number of rotatable bonds is 7. The third-order valence-electron chi connectivity index (χ3n) is 2.66. The van der Waals surface area contributed by atoms with E-state index in [9.17, 15) is 0 Å². The maximum Gasteiger partial charge on any atom is 0.122 e. The van der Waals surface area contributed by atoms with E-state index in [1.54, 1.807) is 11.3 Å². The van der Waals surface area contributed by atoms with Crippen molar-refractivity contribution >= 4 is 27.3 Å². The molecule has 0 bridgehead atoms. The Labute approximate surface area is 126 Å². The van der Waals surface area contributed by atoms with Crippen LogP contribution in [-0.4, -0.2) is 6.54 Å². The highest BCUT2D eigenvalue weighted by atomic mass is 79.9. The molecular weight excluding hydrogens is 322 g/mol. The van der Waals surface area contributed by atoms with E-state index in [2.05, 4.69) is 52.4 Å². The molecule has 1 aromatic heterocycles. The summed E-state index contributed by atoms with van der Waals surface area (Å²) in [7, 11) is 0. The molecule has 0 atom stereocenters. The molecule has 102 valence electrons. The van der Waals surface area contributed by atoms with Gasteiger partial charge in [-0.25, -0.2) is 0 Å². The number of nitrogens with one attached hydrogen (secondary N) is 1. The fourth-order valence-electron chi connectivity index (χ4n) is 1.74. The molecule has 0 saturated heterocycles. The van der Waals surface area contributed by atoms with Gasteiger partial charge in [0.05, 0.1) is 3.79 Å². The molecule has 0 aliphatic heterocycles. The van der Waals surface area contributed by atoms with Gasteiger partial charge in [-0.15, -0.1) is 11.3 Å². The molecule has 0 unspecified atom stereocenters. The van der Waals surface area contributed by atoms with Crippen molar-refractivity contribution in [3.05, 3.63) is 50.6 Å². The fourth-order valence-corrected chi connectivity index (χ4v) is 3.13. The first-order chi connectivity index (χ1) is 9.28. The first-order valence-corrected chi connectivity index (χ1v) is 8.05. The second-order valence-electron chi connectivity index (χ2n) is 4.32.